The van der Waals surface area contributed by atoms with Gasteiger partial charge in [-0.25, -0.2) is 0 Å². The summed E-state index contributed by atoms with van der Waals surface area (Å²) in [5.41, 5.74) is 2.36. The van der Waals surface area contributed by atoms with E-state index in [0.717, 1.165) is 36.7 Å². The third-order valence-electron chi connectivity index (χ3n) is 3.56. The van der Waals surface area contributed by atoms with E-state index in [2.05, 4.69) is 26.9 Å². The van der Waals surface area contributed by atoms with Crippen molar-refractivity contribution in [2.45, 2.75) is 19.4 Å². The number of nitrogens with zero attached hydrogens (tertiary/aromatic N) is 3. The predicted molar refractivity (Wildman–Crippen MR) is 108 cm³/mol. The van der Waals surface area contributed by atoms with Crippen LogP contribution in [0.3, 0.4) is 0 Å². The largest absolute Gasteiger partial charge is 0.496 e. The molecular weight excluding hydrogens is 417 g/mol. The zero-order valence-electron chi connectivity index (χ0n) is 14.5. The van der Waals surface area contributed by atoms with Crippen molar-refractivity contribution in [3.05, 3.63) is 47.8 Å². The number of hydrogen-bond donors (Lipinski definition) is 2. The van der Waals surface area contributed by atoms with E-state index < -0.39 is 0 Å². The lowest BCUT2D eigenvalue weighted by molar-refractivity contribution is 0.409. The van der Waals surface area contributed by atoms with Crippen molar-refractivity contribution >= 4 is 29.9 Å². The van der Waals surface area contributed by atoms with Gasteiger partial charge in [0.05, 0.1) is 13.3 Å². The molecule has 0 bridgehead atoms. The number of aromatic nitrogens is 2. The van der Waals surface area contributed by atoms with Gasteiger partial charge in [0, 0.05) is 38.9 Å². The summed E-state index contributed by atoms with van der Waals surface area (Å²) in [5.74, 6) is 1.68. The Kier molecular flexibility index (Phi) is 9.21. The third-order valence-corrected chi connectivity index (χ3v) is 3.56. The maximum Gasteiger partial charge on any atom is 0.191 e. The van der Waals surface area contributed by atoms with Crippen molar-refractivity contribution < 1.29 is 4.74 Å². The van der Waals surface area contributed by atoms with E-state index in [1.807, 2.05) is 42.2 Å². The number of aryl methyl sites for hydroxylation is 2. The van der Waals surface area contributed by atoms with Crippen LogP contribution in [0.4, 0.5) is 0 Å². The van der Waals surface area contributed by atoms with Gasteiger partial charge in [0.25, 0.3) is 0 Å². The molecule has 0 aliphatic heterocycles. The molecule has 0 saturated heterocycles. The van der Waals surface area contributed by atoms with Gasteiger partial charge in [-0.05, 0) is 24.5 Å². The first-order valence-electron chi connectivity index (χ1n) is 7.77. The Morgan fingerprint density at radius 2 is 2.08 bits per heavy atom. The third kappa shape index (κ3) is 6.38. The van der Waals surface area contributed by atoms with E-state index in [1.54, 1.807) is 14.2 Å². The molecule has 2 rings (SSSR count). The Morgan fingerprint density at radius 3 is 2.75 bits per heavy atom. The van der Waals surface area contributed by atoms with Crippen LogP contribution < -0.4 is 15.4 Å². The van der Waals surface area contributed by atoms with Gasteiger partial charge >= 0.3 is 0 Å². The molecule has 1 heterocycles. The van der Waals surface area contributed by atoms with Gasteiger partial charge in [-0.1, -0.05) is 18.2 Å². The highest BCUT2D eigenvalue weighted by Gasteiger charge is 2.03. The molecule has 0 radical (unpaired) electrons. The van der Waals surface area contributed by atoms with E-state index in [-0.39, 0.29) is 24.0 Å². The van der Waals surface area contributed by atoms with E-state index in [1.165, 1.54) is 5.56 Å². The maximum absolute atomic E-state index is 5.35. The summed E-state index contributed by atoms with van der Waals surface area (Å²) in [6.45, 7) is 1.53. The molecule has 1 aromatic heterocycles. The van der Waals surface area contributed by atoms with Crippen molar-refractivity contribution in [2.24, 2.45) is 12.0 Å². The quantitative estimate of drug-likeness (QED) is 0.299. The molecule has 6 nitrogen and oxygen atoms in total. The highest BCUT2D eigenvalue weighted by Crippen LogP contribution is 2.16. The van der Waals surface area contributed by atoms with Crippen LogP contribution in [0.5, 0.6) is 5.75 Å². The van der Waals surface area contributed by atoms with Crippen LogP contribution in [0.15, 0.2) is 41.7 Å². The Morgan fingerprint density at radius 1 is 1.29 bits per heavy atom. The number of ether oxygens (including phenoxy) is 1. The zero-order chi connectivity index (χ0) is 16.5. The summed E-state index contributed by atoms with van der Waals surface area (Å²) < 4.78 is 7.18. The molecule has 0 unspecified atom stereocenters. The fraction of sp³-hybridized carbons (Fsp3) is 0.412. The van der Waals surface area contributed by atoms with Gasteiger partial charge in [0.2, 0.25) is 0 Å². The molecule has 0 spiro atoms. The van der Waals surface area contributed by atoms with Gasteiger partial charge in [0.15, 0.2) is 5.96 Å². The second-order valence-corrected chi connectivity index (χ2v) is 5.29. The number of halogens is 1. The first-order chi connectivity index (χ1) is 11.2. The number of methoxy groups -OCH3 is 1. The SMILES string of the molecule is CN=C(NCCCc1cnn(C)c1)NCc1ccccc1OC.I. The van der Waals surface area contributed by atoms with Gasteiger partial charge < -0.3 is 15.4 Å². The average Bonchev–Trinajstić information content (AvgIpc) is 3.00. The molecule has 0 aliphatic rings. The lowest BCUT2D eigenvalue weighted by Crippen LogP contribution is -2.37. The van der Waals surface area contributed by atoms with Crippen LogP contribution in [0.2, 0.25) is 0 Å². The van der Waals surface area contributed by atoms with Gasteiger partial charge in [0.1, 0.15) is 5.75 Å². The fourth-order valence-electron chi connectivity index (χ4n) is 2.35. The minimum Gasteiger partial charge on any atom is -0.496 e. The van der Waals surface area contributed by atoms with Gasteiger partial charge in [-0.3, -0.25) is 9.67 Å². The van der Waals surface area contributed by atoms with Crippen molar-refractivity contribution in [3.8, 4) is 5.75 Å². The predicted octanol–water partition coefficient (Wildman–Crippen LogP) is 2.34. The van der Waals surface area contributed by atoms with Crippen LogP contribution >= 0.6 is 24.0 Å². The molecular formula is C17H26IN5O. The van der Waals surface area contributed by atoms with Crippen molar-refractivity contribution in [3.63, 3.8) is 0 Å². The highest BCUT2D eigenvalue weighted by molar-refractivity contribution is 14.0. The van der Waals surface area contributed by atoms with Crippen LogP contribution in [0.1, 0.15) is 17.5 Å². The molecule has 24 heavy (non-hydrogen) atoms. The molecule has 0 atom stereocenters. The normalized spacial score (nSPS) is 10.9. The Balaban J connectivity index is 0.00000288. The highest BCUT2D eigenvalue weighted by atomic mass is 127. The smallest absolute Gasteiger partial charge is 0.191 e. The Hall–Kier alpha value is -1.77. The lowest BCUT2D eigenvalue weighted by atomic mass is 10.2. The number of benzene rings is 1. The monoisotopic (exact) mass is 443 g/mol. The number of aliphatic imine (C=N–C) groups is 1. The molecule has 132 valence electrons. The minimum atomic E-state index is 0. The van der Waals surface area contributed by atoms with Crippen LogP contribution in [0, 0.1) is 0 Å². The fourth-order valence-corrected chi connectivity index (χ4v) is 2.35. The molecule has 0 amide bonds. The molecule has 0 aliphatic carbocycles. The second kappa shape index (κ2) is 10.9. The van der Waals surface area contributed by atoms with E-state index in [0.29, 0.717) is 6.54 Å². The second-order valence-electron chi connectivity index (χ2n) is 5.29. The minimum absolute atomic E-state index is 0. The first-order valence-corrected chi connectivity index (χ1v) is 7.77. The average molecular weight is 443 g/mol. The lowest BCUT2D eigenvalue weighted by Gasteiger charge is -2.13. The van der Waals surface area contributed by atoms with Crippen LogP contribution in [0.25, 0.3) is 0 Å². The number of para-hydroxylation sites is 1. The van der Waals surface area contributed by atoms with E-state index in [9.17, 15) is 0 Å². The van der Waals surface area contributed by atoms with E-state index in [4.69, 9.17) is 4.74 Å². The Bertz CT molecular complexity index is 641. The van der Waals surface area contributed by atoms with Crippen molar-refractivity contribution in [1.82, 2.24) is 20.4 Å². The first kappa shape index (κ1) is 20.3. The van der Waals surface area contributed by atoms with E-state index >= 15 is 0 Å². The number of hydrogen-bond acceptors (Lipinski definition) is 3. The van der Waals surface area contributed by atoms with Gasteiger partial charge in [-0.15, -0.1) is 24.0 Å². The zero-order valence-corrected chi connectivity index (χ0v) is 16.8. The summed E-state index contributed by atoms with van der Waals surface area (Å²) in [4.78, 5) is 4.24. The summed E-state index contributed by atoms with van der Waals surface area (Å²) >= 11 is 0. The van der Waals surface area contributed by atoms with Crippen molar-refractivity contribution in [2.75, 3.05) is 20.7 Å². The topological polar surface area (TPSA) is 63.5 Å². The molecule has 2 aromatic rings. The van der Waals surface area contributed by atoms with Crippen LogP contribution in [-0.2, 0) is 20.0 Å². The summed E-state index contributed by atoms with van der Waals surface area (Å²) in [6, 6.07) is 7.97. The Labute approximate surface area is 160 Å². The maximum atomic E-state index is 5.35. The molecule has 7 heteroatoms. The van der Waals surface area contributed by atoms with Crippen LogP contribution in [-0.4, -0.2) is 36.4 Å². The molecule has 1 aromatic carbocycles. The molecule has 0 fully saturated rings. The molecule has 0 saturated carbocycles. The van der Waals surface area contributed by atoms with Gasteiger partial charge in [-0.2, -0.15) is 5.10 Å². The summed E-state index contributed by atoms with van der Waals surface area (Å²) in [5, 5.41) is 10.8. The van der Waals surface area contributed by atoms with Crippen molar-refractivity contribution in [1.29, 1.82) is 0 Å². The number of rotatable bonds is 7. The summed E-state index contributed by atoms with van der Waals surface area (Å²) in [6.07, 6.45) is 5.99. The molecule has 2 N–H and O–H groups in total. The standard InChI is InChI=1S/C17H25N5O.HI/c1-18-17(19-10-6-7-14-11-21-22(2)13-14)20-12-15-8-4-5-9-16(15)23-3;/h4-5,8-9,11,13H,6-7,10,12H2,1-3H3,(H2,18,19,20);1H. The summed E-state index contributed by atoms with van der Waals surface area (Å²) in [7, 11) is 5.40. The number of nitrogens with one attached hydrogen (secondary N) is 2. The number of guanidine groups is 1.